The molecule has 1 atom stereocenters. The van der Waals surface area contributed by atoms with Crippen molar-refractivity contribution in [2.75, 3.05) is 18.6 Å². The van der Waals surface area contributed by atoms with Crippen molar-refractivity contribution in [2.45, 2.75) is 39.7 Å². The SMILES string of the molecule is CC(C)(C)C(CC(=O)O)NC(=O)NCCCS(C)(=O)=O. The third-order valence-corrected chi connectivity index (χ3v) is 3.74. The molecule has 2 amide bonds. The van der Waals surface area contributed by atoms with Crippen LogP contribution in [0.4, 0.5) is 4.79 Å². The Kier molecular flexibility index (Phi) is 6.98. The van der Waals surface area contributed by atoms with Crippen LogP contribution in [-0.2, 0) is 14.6 Å². The zero-order valence-corrected chi connectivity index (χ0v) is 13.2. The van der Waals surface area contributed by atoms with Gasteiger partial charge in [0.1, 0.15) is 9.84 Å². The topological polar surface area (TPSA) is 113 Å². The van der Waals surface area contributed by atoms with E-state index >= 15 is 0 Å². The molecule has 0 rings (SSSR count). The Morgan fingerprint density at radius 3 is 2.20 bits per heavy atom. The minimum absolute atomic E-state index is 0.00506. The molecule has 20 heavy (non-hydrogen) atoms. The first-order chi connectivity index (χ1) is 8.92. The second-order valence-corrected chi connectivity index (χ2v) is 8.16. The van der Waals surface area contributed by atoms with Crippen molar-refractivity contribution in [3.63, 3.8) is 0 Å². The number of carbonyl (C=O) groups is 2. The molecule has 1 unspecified atom stereocenters. The smallest absolute Gasteiger partial charge is 0.315 e. The number of hydrogen-bond donors (Lipinski definition) is 3. The summed E-state index contributed by atoms with van der Waals surface area (Å²) in [6.45, 7) is 5.74. The van der Waals surface area contributed by atoms with Crippen molar-refractivity contribution in [1.29, 1.82) is 0 Å². The summed E-state index contributed by atoms with van der Waals surface area (Å²) in [6.07, 6.45) is 1.29. The molecule has 0 aliphatic heterocycles. The number of rotatable bonds is 7. The Hall–Kier alpha value is -1.31. The summed E-state index contributed by atoms with van der Waals surface area (Å²) in [5.41, 5.74) is -0.386. The number of carboxylic acids is 1. The molecular weight excluding hydrogens is 284 g/mol. The monoisotopic (exact) mass is 308 g/mol. The average molecular weight is 308 g/mol. The lowest BCUT2D eigenvalue weighted by atomic mass is 9.85. The minimum Gasteiger partial charge on any atom is -0.481 e. The maximum Gasteiger partial charge on any atom is 0.315 e. The highest BCUT2D eigenvalue weighted by Crippen LogP contribution is 2.21. The number of amides is 2. The molecule has 0 aliphatic carbocycles. The van der Waals surface area contributed by atoms with Gasteiger partial charge in [0.2, 0.25) is 0 Å². The van der Waals surface area contributed by atoms with Crippen LogP contribution in [0.1, 0.15) is 33.6 Å². The van der Waals surface area contributed by atoms with Crippen molar-refractivity contribution in [3.8, 4) is 0 Å². The lowest BCUT2D eigenvalue weighted by molar-refractivity contribution is -0.138. The fourth-order valence-corrected chi connectivity index (χ4v) is 2.16. The van der Waals surface area contributed by atoms with Gasteiger partial charge in [0.25, 0.3) is 0 Å². The average Bonchev–Trinajstić information content (AvgIpc) is 2.20. The quantitative estimate of drug-likeness (QED) is 0.596. The molecule has 118 valence electrons. The van der Waals surface area contributed by atoms with Crippen LogP contribution in [0.5, 0.6) is 0 Å². The second kappa shape index (κ2) is 7.47. The van der Waals surface area contributed by atoms with Crippen LogP contribution in [0.3, 0.4) is 0 Å². The highest BCUT2D eigenvalue weighted by Gasteiger charge is 2.28. The van der Waals surface area contributed by atoms with Crippen molar-refractivity contribution >= 4 is 21.8 Å². The number of carboxylic acid groups (broad SMARTS) is 1. The van der Waals surface area contributed by atoms with Gasteiger partial charge >= 0.3 is 12.0 Å². The fourth-order valence-electron chi connectivity index (χ4n) is 1.49. The van der Waals surface area contributed by atoms with Crippen LogP contribution in [0, 0.1) is 5.41 Å². The normalized spacial score (nSPS) is 13.6. The van der Waals surface area contributed by atoms with Gasteiger partial charge in [-0.05, 0) is 11.8 Å². The number of urea groups is 1. The van der Waals surface area contributed by atoms with Crippen molar-refractivity contribution in [3.05, 3.63) is 0 Å². The Labute approximate surface area is 120 Å². The number of aliphatic carboxylic acids is 1. The second-order valence-electron chi connectivity index (χ2n) is 5.90. The van der Waals surface area contributed by atoms with Crippen LogP contribution < -0.4 is 10.6 Å². The molecule has 0 saturated heterocycles. The number of hydrogen-bond acceptors (Lipinski definition) is 4. The van der Waals surface area contributed by atoms with E-state index in [9.17, 15) is 18.0 Å². The van der Waals surface area contributed by atoms with Crippen LogP contribution in [0.25, 0.3) is 0 Å². The van der Waals surface area contributed by atoms with Crippen LogP contribution >= 0.6 is 0 Å². The van der Waals surface area contributed by atoms with Crippen molar-refractivity contribution in [1.82, 2.24) is 10.6 Å². The molecule has 0 radical (unpaired) electrons. The number of nitrogens with one attached hydrogen (secondary N) is 2. The van der Waals surface area contributed by atoms with E-state index in [1.807, 2.05) is 20.8 Å². The maximum atomic E-state index is 11.6. The highest BCUT2D eigenvalue weighted by molar-refractivity contribution is 7.90. The molecule has 0 fully saturated rings. The Morgan fingerprint density at radius 2 is 1.80 bits per heavy atom. The van der Waals surface area contributed by atoms with Gasteiger partial charge in [-0.3, -0.25) is 4.79 Å². The highest BCUT2D eigenvalue weighted by atomic mass is 32.2. The first-order valence-electron chi connectivity index (χ1n) is 6.35. The van der Waals surface area contributed by atoms with E-state index in [0.717, 1.165) is 6.26 Å². The van der Waals surface area contributed by atoms with Crippen LogP contribution in [0.15, 0.2) is 0 Å². The summed E-state index contributed by atoms with van der Waals surface area (Å²) in [7, 11) is -3.03. The van der Waals surface area contributed by atoms with Gasteiger partial charge in [-0.2, -0.15) is 0 Å². The molecule has 0 aliphatic rings. The van der Waals surface area contributed by atoms with Gasteiger partial charge in [0.15, 0.2) is 0 Å². The van der Waals surface area contributed by atoms with Crippen molar-refractivity contribution < 1.29 is 23.1 Å². The molecular formula is C12H24N2O5S. The first-order valence-corrected chi connectivity index (χ1v) is 8.42. The minimum atomic E-state index is -3.03. The fraction of sp³-hybridized carbons (Fsp3) is 0.833. The molecule has 0 aromatic rings. The third-order valence-electron chi connectivity index (χ3n) is 2.71. The molecule has 0 saturated carbocycles. The Bertz CT molecular complexity index is 439. The zero-order valence-electron chi connectivity index (χ0n) is 12.4. The summed E-state index contributed by atoms with van der Waals surface area (Å²) < 4.78 is 21.8. The van der Waals surface area contributed by atoms with E-state index in [-0.39, 0.29) is 24.1 Å². The molecule has 0 bridgehead atoms. The standard InChI is InChI=1S/C12H24N2O5S/c1-12(2,3)9(8-10(15)16)14-11(17)13-6-5-7-20(4,18)19/h9H,5-8H2,1-4H3,(H,15,16)(H2,13,14,17). The molecule has 3 N–H and O–H groups in total. The lowest BCUT2D eigenvalue weighted by Crippen LogP contribution is -2.49. The van der Waals surface area contributed by atoms with Gasteiger partial charge in [0.05, 0.1) is 12.2 Å². The Morgan fingerprint density at radius 1 is 1.25 bits per heavy atom. The molecule has 0 aromatic heterocycles. The van der Waals surface area contributed by atoms with Gasteiger partial charge in [-0.1, -0.05) is 20.8 Å². The van der Waals surface area contributed by atoms with E-state index in [4.69, 9.17) is 5.11 Å². The first kappa shape index (κ1) is 18.7. The van der Waals surface area contributed by atoms with Crippen LogP contribution in [-0.4, -0.2) is 50.1 Å². The predicted molar refractivity (Wildman–Crippen MR) is 76.4 cm³/mol. The summed E-state index contributed by atoms with van der Waals surface area (Å²) in [5.74, 6) is -0.979. The third kappa shape index (κ3) is 9.60. The zero-order chi connectivity index (χ0) is 16.0. The van der Waals surface area contributed by atoms with Gasteiger partial charge < -0.3 is 15.7 Å². The number of carbonyl (C=O) groups excluding carboxylic acids is 1. The van der Waals surface area contributed by atoms with E-state index in [2.05, 4.69) is 10.6 Å². The largest absolute Gasteiger partial charge is 0.481 e. The number of sulfone groups is 1. The van der Waals surface area contributed by atoms with E-state index in [0.29, 0.717) is 6.42 Å². The van der Waals surface area contributed by atoms with Gasteiger partial charge in [-0.25, -0.2) is 13.2 Å². The van der Waals surface area contributed by atoms with Gasteiger partial charge in [-0.15, -0.1) is 0 Å². The van der Waals surface area contributed by atoms with E-state index in [1.54, 1.807) is 0 Å². The van der Waals surface area contributed by atoms with E-state index < -0.39 is 27.9 Å². The molecule has 0 heterocycles. The van der Waals surface area contributed by atoms with E-state index in [1.165, 1.54) is 0 Å². The summed E-state index contributed by atoms with van der Waals surface area (Å²) in [4.78, 5) is 22.4. The lowest BCUT2D eigenvalue weighted by Gasteiger charge is -2.30. The summed E-state index contributed by atoms with van der Waals surface area (Å²) in [6, 6.07) is -0.991. The molecule has 0 aromatic carbocycles. The van der Waals surface area contributed by atoms with Crippen LogP contribution in [0.2, 0.25) is 0 Å². The molecule has 0 spiro atoms. The summed E-state index contributed by atoms with van der Waals surface area (Å²) in [5, 5.41) is 14.0. The Balaban J connectivity index is 4.24. The summed E-state index contributed by atoms with van der Waals surface area (Å²) >= 11 is 0. The predicted octanol–water partition coefficient (Wildman–Crippen LogP) is 0.610. The van der Waals surface area contributed by atoms with Gasteiger partial charge in [0, 0.05) is 18.8 Å². The molecule has 8 heteroatoms. The van der Waals surface area contributed by atoms with Crippen molar-refractivity contribution in [2.24, 2.45) is 5.41 Å². The molecule has 7 nitrogen and oxygen atoms in total. The maximum absolute atomic E-state index is 11.6.